The predicted molar refractivity (Wildman–Crippen MR) is 114 cm³/mol. The normalized spacial score (nSPS) is 18.9. The van der Waals surface area contributed by atoms with Crippen LogP contribution in [0.5, 0.6) is 0 Å². The number of ether oxygens (including phenoxy) is 1. The second-order valence-electron chi connectivity index (χ2n) is 7.89. The molecule has 0 unspecified atom stereocenters. The number of methoxy groups -OCH3 is 1. The summed E-state index contributed by atoms with van der Waals surface area (Å²) in [4.78, 5) is 12.4. The van der Waals surface area contributed by atoms with Crippen LogP contribution in [0.25, 0.3) is 0 Å². The summed E-state index contributed by atoms with van der Waals surface area (Å²) in [5.74, 6) is -0.706. The van der Waals surface area contributed by atoms with Crippen LogP contribution in [0.3, 0.4) is 0 Å². The van der Waals surface area contributed by atoms with E-state index in [4.69, 9.17) is 19.8 Å². The predicted octanol–water partition coefficient (Wildman–Crippen LogP) is 2.99. The van der Waals surface area contributed by atoms with Crippen molar-refractivity contribution in [2.45, 2.75) is 64.1 Å². The molecule has 1 fully saturated rings. The molecule has 1 heterocycles. The minimum Gasteiger partial charge on any atom is -0.502 e. The summed E-state index contributed by atoms with van der Waals surface area (Å²) in [7, 11) is 0.913. The fourth-order valence-corrected chi connectivity index (χ4v) is 2.93. The zero-order valence-corrected chi connectivity index (χ0v) is 18.2. The van der Waals surface area contributed by atoms with Gasteiger partial charge in [-0.05, 0) is 52.5 Å². The van der Waals surface area contributed by atoms with Crippen molar-refractivity contribution in [2.24, 2.45) is 5.73 Å². The quantitative estimate of drug-likeness (QED) is 0.391. The number of aryl methyl sites for hydroxylation is 1. The van der Waals surface area contributed by atoms with Crippen LogP contribution in [0, 0.1) is 0 Å². The van der Waals surface area contributed by atoms with Gasteiger partial charge in [-0.1, -0.05) is 30.3 Å². The van der Waals surface area contributed by atoms with Crippen molar-refractivity contribution < 1.29 is 18.8 Å². The summed E-state index contributed by atoms with van der Waals surface area (Å²) in [5, 5.41) is 2.94. The first-order valence-corrected chi connectivity index (χ1v) is 9.35. The smallest absolute Gasteiger partial charge is 0.481 e. The Labute approximate surface area is 174 Å². The monoisotopic (exact) mass is 410 g/mol. The Morgan fingerprint density at radius 3 is 2.32 bits per heavy atom. The van der Waals surface area contributed by atoms with E-state index < -0.39 is 24.2 Å². The molecule has 0 aromatic heterocycles. The summed E-state index contributed by atoms with van der Waals surface area (Å²) >= 11 is 0. The van der Waals surface area contributed by atoms with E-state index in [9.17, 15) is 4.79 Å². The Morgan fingerprint density at radius 2 is 1.79 bits per heavy atom. The highest BCUT2D eigenvalue weighted by Gasteiger charge is 2.54. The number of halogens is 1. The average Bonchev–Trinajstić information content (AvgIpc) is 2.82. The van der Waals surface area contributed by atoms with Crippen molar-refractivity contribution in [1.82, 2.24) is 5.32 Å². The lowest BCUT2D eigenvalue weighted by atomic mass is 9.75. The molecule has 8 heteroatoms. The maximum atomic E-state index is 12.4. The molecule has 6 nitrogen and oxygen atoms in total. The molecule has 0 spiro atoms. The lowest BCUT2D eigenvalue weighted by Gasteiger charge is -2.32. The van der Waals surface area contributed by atoms with E-state index in [1.165, 1.54) is 18.9 Å². The van der Waals surface area contributed by atoms with Gasteiger partial charge >= 0.3 is 7.12 Å². The van der Waals surface area contributed by atoms with Gasteiger partial charge in [-0.25, -0.2) is 0 Å². The Balaban J connectivity index is 0.00000392. The van der Waals surface area contributed by atoms with Gasteiger partial charge in [0.1, 0.15) is 12.0 Å². The van der Waals surface area contributed by atoms with E-state index in [-0.39, 0.29) is 24.0 Å². The maximum absolute atomic E-state index is 12.4. The van der Waals surface area contributed by atoms with E-state index in [1.807, 2.05) is 45.9 Å². The molecule has 0 bridgehead atoms. The third-order valence-electron chi connectivity index (χ3n) is 5.25. The Kier molecular flexibility index (Phi) is 8.86. The van der Waals surface area contributed by atoms with Gasteiger partial charge in [0.15, 0.2) is 0 Å². The third kappa shape index (κ3) is 6.16. The van der Waals surface area contributed by atoms with Gasteiger partial charge in [-0.2, -0.15) is 0 Å². The Morgan fingerprint density at radius 1 is 1.21 bits per heavy atom. The molecule has 1 aliphatic rings. The molecule has 1 atom stereocenters. The Bertz CT molecular complexity index is 651. The molecule has 1 aliphatic heterocycles. The van der Waals surface area contributed by atoms with Gasteiger partial charge in [0.05, 0.1) is 24.3 Å². The SMILES string of the molecule is COC=C(N)C(=O)N[C@@H](CCCc1ccccc1)B1OC(C)(C)C(C)(C)O1.Cl. The first-order chi connectivity index (χ1) is 12.7. The molecular weight excluding hydrogens is 378 g/mol. The number of nitrogens with one attached hydrogen (secondary N) is 1. The van der Waals surface area contributed by atoms with Crippen LogP contribution in [-0.4, -0.2) is 37.3 Å². The lowest BCUT2D eigenvalue weighted by molar-refractivity contribution is -0.118. The van der Waals surface area contributed by atoms with Crippen LogP contribution in [0.4, 0.5) is 0 Å². The summed E-state index contributed by atoms with van der Waals surface area (Å²) in [5.41, 5.74) is 6.09. The van der Waals surface area contributed by atoms with Gasteiger partial charge in [0, 0.05) is 0 Å². The number of hydrogen-bond donors (Lipinski definition) is 2. The number of amides is 1. The number of carbonyl (C=O) groups excluding carboxylic acids is 1. The topological polar surface area (TPSA) is 82.8 Å². The van der Waals surface area contributed by atoms with Crippen LogP contribution in [0.2, 0.25) is 0 Å². The van der Waals surface area contributed by atoms with Gasteiger partial charge in [-0.15, -0.1) is 12.4 Å². The molecule has 3 N–H and O–H groups in total. The van der Waals surface area contributed by atoms with Crippen LogP contribution >= 0.6 is 12.4 Å². The summed E-state index contributed by atoms with van der Waals surface area (Å²) in [6.07, 6.45) is 3.72. The number of nitrogens with two attached hydrogens (primary N) is 1. The standard InChI is InChI=1S/C20H31BN2O4.ClH/c1-19(2)20(3,4)27-21(26-19)17(23-18(24)16(22)14-25-5)13-9-12-15-10-7-6-8-11-15;/h6-8,10-11,14,17H,9,12-13,22H2,1-5H3,(H,23,24);1H/t17-;/m0./s1. The van der Waals surface area contributed by atoms with Crippen molar-refractivity contribution in [3.8, 4) is 0 Å². The zero-order chi connectivity index (χ0) is 20.1. The summed E-state index contributed by atoms with van der Waals surface area (Å²) in [6.45, 7) is 7.98. The molecule has 2 rings (SSSR count). The van der Waals surface area contributed by atoms with Crippen LogP contribution < -0.4 is 11.1 Å². The van der Waals surface area contributed by atoms with Gasteiger partial charge < -0.3 is 25.1 Å². The first kappa shape index (κ1) is 24.3. The van der Waals surface area contributed by atoms with Crippen LogP contribution in [0.1, 0.15) is 46.1 Å². The van der Waals surface area contributed by atoms with E-state index >= 15 is 0 Å². The van der Waals surface area contributed by atoms with Crippen LogP contribution in [0.15, 0.2) is 42.3 Å². The minimum atomic E-state index is -0.537. The fraction of sp³-hybridized carbons (Fsp3) is 0.550. The lowest BCUT2D eigenvalue weighted by Crippen LogP contribution is -2.49. The second-order valence-corrected chi connectivity index (χ2v) is 7.89. The number of carbonyl (C=O) groups is 1. The number of hydrogen-bond acceptors (Lipinski definition) is 5. The molecular formula is C20H32BClN2O4. The van der Waals surface area contributed by atoms with Gasteiger partial charge in [0.25, 0.3) is 5.91 Å². The zero-order valence-electron chi connectivity index (χ0n) is 17.4. The fourth-order valence-electron chi connectivity index (χ4n) is 2.93. The molecule has 0 radical (unpaired) electrons. The highest BCUT2D eigenvalue weighted by atomic mass is 35.5. The highest BCUT2D eigenvalue weighted by Crippen LogP contribution is 2.38. The van der Waals surface area contributed by atoms with Crippen molar-refractivity contribution in [3.63, 3.8) is 0 Å². The van der Waals surface area contributed by atoms with E-state index in [0.717, 1.165) is 12.8 Å². The van der Waals surface area contributed by atoms with Crippen molar-refractivity contribution in [1.29, 1.82) is 0 Å². The average molecular weight is 411 g/mol. The molecule has 1 amide bonds. The third-order valence-corrected chi connectivity index (χ3v) is 5.25. The van der Waals surface area contributed by atoms with E-state index in [2.05, 4.69) is 17.4 Å². The molecule has 0 aliphatic carbocycles. The molecule has 1 saturated heterocycles. The van der Waals surface area contributed by atoms with Crippen LogP contribution in [-0.2, 0) is 25.3 Å². The van der Waals surface area contributed by atoms with Crippen molar-refractivity contribution >= 4 is 25.4 Å². The largest absolute Gasteiger partial charge is 0.502 e. The van der Waals surface area contributed by atoms with Crippen molar-refractivity contribution in [3.05, 3.63) is 47.9 Å². The minimum absolute atomic E-state index is 0. The van der Waals surface area contributed by atoms with E-state index in [1.54, 1.807) is 0 Å². The first-order valence-electron chi connectivity index (χ1n) is 9.35. The molecule has 1 aromatic rings. The highest BCUT2D eigenvalue weighted by molar-refractivity contribution is 6.48. The van der Waals surface area contributed by atoms with Gasteiger partial charge in [-0.3, -0.25) is 4.79 Å². The number of benzene rings is 1. The molecule has 28 heavy (non-hydrogen) atoms. The molecule has 156 valence electrons. The molecule has 1 aromatic carbocycles. The number of rotatable bonds is 8. The maximum Gasteiger partial charge on any atom is 0.481 e. The summed E-state index contributed by atoms with van der Waals surface area (Å²) in [6, 6.07) is 10.3. The van der Waals surface area contributed by atoms with Gasteiger partial charge in [0.2, 0.25) is 0 Å². The molecule has 0 saturated carbocycles. The summed E-state index contributed by atoms with van der Waals surface area (Å²) < 4.78 is 17.1. The second kappa shape index (κ2) is 10.2. The van der Waals surface area contributed by atoms with E-state index in [0.29, 0.717) is 6.42 Å². The Hall–Kier alpha value is -1.70. The van der Waals surface area contributed by atoms with Crippen molar-refractivity contribution in [2.75, 3.05) is 7.11 Å².